The van der Waals surface area contributed by atoms with Gasteiger partial charge in [-0.1, -0.05) is 11.6 Å². The summed E-state index contributed by atoms with van der Waals surface area (Å²) in [5, 5.41) is 4.90. The standard InChI is InChI=1S/C11H12ClN3/c1-7-6-13-11(12)5-10(7)15-9(3)4-8(2)14-15/h4-6H,1-3H3. The third-order valence-corrected chi connectivity index (χ3v) is 2.49. The lowest BCUT2D eigenvalue weighted by Crippen LogP contribution is -2.02. The maximum atomic E-state index is 5.87. The smallest absolute Gasteiger partial charge is 0.131 e. The molecule has 0 N–H and O–H groups in total. The molecule has 0 saturated carbocycles. The zero-order chi connectivity index (χ0) is 11.0. The van der Waals surface area contributed by atoms with E-state index >= 15 is 0 Å². The number of hydrogen-bond acceptors (Lipinski definition) is 2. The Bertz CT molecular complexity index is 503. The van der Waals surface area contributed by atoms with Crippen LogP contribution in [-0.2, 0) is 0 Å². The van der Waals surface area contributed by atoms with Crippen molar-refractivity contribution < 1.29 is 0 Å². The van der Waals surface area contributed by atoms with E-state index in [4.69, 9.17) is 11.6 Å². The molecule has 4 heteroatoms. The number of aromatic nitrogens is 3. The van der Waals surface area contributed by atoms with E-state index in [1.54, 1.807) is 6.20 Å². The number of nitrogens with zero attached hydrogens (tertiary/aromatic N) is 3. The van der Waals surface area contributed by atoms with Crippen molar-refractivity contribution in [2.75, 3.05) is 0 Å². The summed E-state index contributed by atoms with van der Waals surface area (Å²) in [6, 6.07) is 3.87. The van der Waals surface area contributed by atoms with Gasteiger partial charge < -0.3 is 0 Å². The monoisotopic (exact) mass is 221 g/mol. The van der Waals surface area contributed by atoms with Crippen LogP contribution in [0.2, 0.25) is 5.15 Å². The zero-order valence-electron chi connectivity index (χ0n) is 8.95. The van der Waals surface area contributed by atoms with Crippen molar-refractivity contribution in [3.8, 4) is 5.69 Å². The van der Waals surface area contributed by atoms with Gasteiger partial charge in [0.15, 0.2) is 0 Å². The van der Waals surface area contributed by atoms with Crippen molar-refractivity contribution in [2.24, 2.45) is 0 Å². The molecular weight excluding hydrogens is 210 g/mol. The van der Waals surface area contributed by atoms with Gasteiger partial charge in [0.1, 0.15) is 5.15 Å². The summed E-state index contributed by atoms with van der Waals surface area (Å²) >= 11 is 5.87. The normalized spacial score (nSPS) is 10.7. The van der Waals surface area contributed by atoms with Crippen LogP contribution in [0, 0.1) is 20.8 Å². The van der Waals surface area contributed by atoms with Crippen LogP contribution in [-0.4, -0.2) is 14.8 Å². The van der Waals surface area contributed by atoms with Gasteiger partial charge in [-0.25, -0.2) is 9.67 Å². The molecule has 0 saturated heterocycles. The van der Waals surface area contributed by atoms with Gasteiger partial charge in [-0.15, -0.1) is 0 Å². The minimum atomic E-state index is 0.489. The first-order valence-electron chi connectivity index (χ1n) is 4.73. The predicted octanol–water partition coefficient (Wildman–Crippen LogP) is 2.85. The van der Waals surface area contributed by atoms with Crippen LogP contribution in [0.15, 0.2) is 18.3 Å². The Balaban J connectivity index is 2.62. The van der Waals surface area contributed by atoms with Gasteiger partial charge in [0, 0.05) is 18.0 Å². The Morgan fingerprint density at radius 2 is 1.93 bits per heavy atom. The van der Waals surface area contributed by atoms with Crippen LogP contribution >= 0.6 is 11.6 Å². The molecule has 0 aromatic carbocycles. The third kappa shape index (κ3) is 1.88. The number of hydrogen-bond donors (Lipinski definition) is 0. The first kappa shape index (κ1) is 10.2. The van der Waals surface area contributed by atoms with E-state index in [9.17, 15) is 0 Å². The fraction of sp³-hybridized carbons (Fsp3) is 0.273. The summed E-state index contributed by atoms with van der Waals surface area (Å²) in [6.45, 7) is 5.99. The largest absolute Gasteiger partial charge is 0.244 e. The molecular formula is C11H12ClN3. The Morgan fingerprint density at radius 1 is 1.20 bits per heavy atom. The number of aryl methyl sites for hydroxylation is 3. The summed E-state index contributed by atoms with van der Waals surface area (Å²) in [6.07, 6.45) is 1.76. The van der Waals surface area contributed by atoms with Crippen molar-refractivity contribution in [2.45, 2.75) is 20.8 Å². The Morgan fingerprint density at radius 3 is 2.53 bits per heavy atom. The molecule has 2 heterocycles. The number of halogens is 1. The third-order valence-electron chi connectivity index (χ3n) is 2.28. The molecule has 0 atom stereocenters. The summed E-state index contributed by atoms with van der Waals surface area (Å²) < 4.78 is 1.89. The van der Waals surface area contributed by atoms with Gasteiger partial charge >= 0.3 is 0 Å². The van der Waals surface area contributed by atoms with E-state index in [1.165, 1.54) is 0 Å². The molecule has 3 nitrogen and oxygen atoms in total. The van der Waals surface area contributed by atoms with Crippen LogP contribution in [0.25, 0.3) is 5.69 Å². The zero-order valence-corrected chi connectivity index (χ0v) is 9.71. The summed E-state index contributed by atoms with van der Waals surface area (Å²) in [4.78, 5) is 4.03. The average molecular weight is 222 g/mol. The van der Waals surface area contributed by atoms with E-state index in [0.717, 1.165) is 22.6 Å². The minimum Gasteiger partial charge on any atom is -0.244 e. The van der Waals surface area contributed by atoms with E-state index in [0.29, 0.717) is 5.15 Å². The van der Waals surface area contributed by atoms with Crippen molar-refractivity contribution in [3.05, 3.63) is 40.4 Å². The lowest BCUT2D eigenvalue weighted by atomic mass is 10.2. The maximum Gasteiger partial charge on any atom is 0.131 e. The molecule has 2 aromatic rings. The molecule has 2 rings (SSSR count). The van der Waals surface area contributed by atoms with Crippen molar-refractivity contribution in [3.63, 3.8) is 0 Å². The molecule has 0 amide bonds. The molecule has 0 bridgehead atoms. The van der Waals surface area contributed by atoms with E-state index < -0.39 is 0 Å². The molecule has 0 spiro atoms. The van der Waals surface area contributed by atoms with Crippen molar-refractivity contribution >= 4 is 11.6 Å². The first-order valence-corrected chi connectivity index (χ1v) is 5.11. The molecule has 0 unspecified atom stereocenters. The lowest BCUT2D eigenvalue weighted by Gasteiger charge is -2.07. The van der Waals surface area contributed by atoms with Crippen LogP contribution in [0.4, 0.5) is 0 Å². The average Bonchev–Trinajstić information content (AvgIpc) is 2.50. The van der Waals surface area contributed by atoms with Crippen LogP contribution < -0.4 is 0 Å². The summed E-state index contributed by atoms with van der Waals surface area (Å²) in [7, 11) is 0. The van der Waals surface area contributed by atoms with Gasteiger partial charge in [0.05, 0.1) is 11.4 Å². The second-order valence-electron chi connectivity index (χ2n) is 3.63. The molecule has 78 valence electrons. The molecule has 0 aliphatic rings. The topological polar surface area (TPSA) is 30.7 Å². The molecule has 15 heavy (non-hydrogen) atoms. The minimum absolute atomic E-state index is 0.489. The van der Waals surface area contributed by atoms with Crippen LogP contribution in [0.3, 0.4) is 0 Å². The summed E-state index contributed by atoms with van der Waals surface area (Å²) in [5.41, 5.74) is 4.14. The highest BCUT2D eigenvalue weighted by atomic mass is 35.5. The van der Waals surface area contributed by atoms with Crippen molar-refractivity contribution in [1.82, 2.24) is 14.8 Å². The molecule has 0 radical (unpaired) electrons. The Kier molecular flexibility index (Phi) is 2.49. The second kappa shape index (κ2) is 3.66. The highest BCUT2D eigenvalue weighted by Gasteiger charge is 2.07. The van der Waals surface area contributed by atoms with E-state index in [1.807, 2.05) is 37.6 Å². The Labute approximate surface area is 93.7 Å². The maximum absolute atomic E-state index is 5.87. The van der Waals surface area contributed by atoms with Crippen LogP contribution in [0.1, 0.15) is 17.0 Å². The summed E-state index contributed by atoms with van der Waals surface area (Å²) in [5.74, 6) is 0. The molecule has 2 aromatic heterocycles. The first-order chi connectivity index (χ1) is 7.08. The van der Waals surface area contributed by atoms with Gasteiger partial charge in [0.25, 0.3) is 0 Å². The predicted molar refractivity (Wildman–Crippen MR) is 60.6 cm³/mol. The second-order valence-corrected chi connectivity index (χ2v) is 4.02. The van der Waals surface area contributed by atoms with Crippen LogP contribution in [0.5, 0.6) is 0 Å². The van der Waals surface area contributed by atoms with Gasteiger partial charge in [0.2, 0.25) is 0 Å². The van der Waals surface area contributed by atoms with Gasteiger partial charge in [-0.3, -0.25) is 0 Å². The number of rotatable bonds is 1. The fourth-order valence-corrected chi connectivity index (χ4v) is 1.74. The molecule has 0 aliphatic carbocycles. The lowest BCUT2D eigenvalue weighted by molar-refractivity contribution is 0.825. The Hall–Kier alpha value is -1.35. The molecule has 0 fully saturated rings. The van der Waals surface area contributed by atoms with Gasteiger partial charge in [-0.2, -0.15) is 5.10 Å². The SMILES string of the molecule is Cc1cc(C)n(-c2cc(Cl)ncc2C)n1. The molecule has 0 aliphatic heterocycles. The van der Waals surface area contributed by atoms with E-state index in [-0.39, 0.29) is 0 Å². The quantitative estimate of drug-likeness (QED) is 0.694. The van der Waals surface area contributed by atoms with Crippen molar-refractivity contribution in [1.29, 1.82) is 0 Å². The highest BCUT2D eigenvalue weighted by Crippen LogP contribution is 2.18. The number of pyridine rings is 1. The fourth-order valence-electron chi connectivity index (χ4n) is 1.59. The van der Waals surface area contributed by atoms with Gasteiger partial charge in [-0.05, 0) is 32.4 Å². The van der Waals surface area contributed by atoms with E-state index in [2.05, 4.69) is 10.1 Å². The highest BCUT2D eigenvalue weighted by molar-refractivity contribution is 6.29.